The molecule has 0 aliphatic rings. The Morgan fingerprint density at radius 2 is 2.00 bits per heavy atom. The molecule has 0 aliphatic heterocycles. The quantitative estimate of drug-likeness (QED) is 0.574. The molecule has 1 amide bonds. The van der Waals surface area contributed by atoms with E-state index in [0.717, 1.165) is 25.7 Å². The van der Waals surface area contributed by atoms with Gasteiger partial charge < -0.3 is 16.2 Å². The molecule has 0 aromatic carbocycles. The summed E-state index contributed by atoms with van der Waals surface area (Å²) in [6.07, 6.45) is 3.89. The van der Waals surface area contributed by atoms with Crippen molar-refractivity contribution in [1.82, 2.24) is 5.32 Å². The smallest absolute Gasteiger partial charge is 0.220 e. The van der Waals surface area contributed by atoms with Gasteiger partial charge in [0.2, 0.25) is 5.91 Å². The Balaban J connectivity index is 4.07. The summed E-state index contributed by atoms with van der Waals surface area (Å²) in [5.74, 6) is 0.0616. The minimum absolute atomic E-state index is 0.0404. The maximum absolute atomic E-state index is 11.6. The van der Waals surface area contributed by atoms with Crippen LogP contribution in [0.1, 0.15) is 52.9 Å². The summed E-state index contributed by atoms with van der Waals surface area (Å²) < 4.78 is 0. The molecule has 0 fully saturated rings. The van der Waals surface area contributed by atoms with E-state index in [1.807, 2.05) is 6.92 Å². The highest BCUT2D eigenvalue weighted by Gasteiger charge is 2.25. The van der Waals surface area contributed by atoms with Crippen LogP contribution in [-0.2, 0) is 4.79 Å². The first-order valence-corrected chi connectivity index (χ1v) is 6.62. The summed E-state index contributed by atoms with van der Waals surface area (Å²) in [5, 5.41) is 12.0. The van der Waals surface area contributed by atoms with Crippen LogP contribution in [-0.4, -0.2) is 30.2 Å². The van der Waals surface area contributed by atoms with Gasteiger partial charge in [-0.15, -0.1) is 0 Å². The molecule has 0 heterocycles. The number of carbonyl (C=O) groups is 1. The molecule has 0 aromatic rings. The van der Waals surface area contributed by atoms with E-state index < -0.39 is 0 Å². The fraction of sp³-hybridized carbons (Fsp3) is 0.923. The van der Waals surface area contributed by atoms with E-state index in [4.69, 9.17) is 10.8 Å². The van der Waals surface area contributed by atoms with Crippen LogP contribution >= 0.6 is 0 Å². The number of nitrogens with two attached hydrogens (primary N) is 1. The van der Waals surface area contributed by atoms with Crippen LogP contribution in [0.2, 0.25) is 0 Å². The lowest BCUT2D eigenvalue weighted by molar-refractivity contribution is -0.121. The molecule has 4 N–H and O–H groups in total. The van der Waals surface area contributed by atoms with Crippen molar-refractivity contribution in [2.24, 2.45) is 11.1 Å². The molecule has 1 unspecified atom stereocenters. The van der Waals surface area contributed by atoms with Gasteiger partial charge in [0, 0.05) is 25.6 Å². The molecular weight excluding hydrogens is 216 g/mol. The van der Waals surface area contributed by atoms with Crippen molar-refractivity contribution in [2.75, 3.05) is 13.2 Å². The summed E-state index contributed by atoms with van der Waals surface area (Å²) in [6, 6.07) is 0.0697. The summed E-state index contributed by atoms with van der Waals surface area (Å²) in [6.45, 7) is 6.94. The van der Waals surface area contributed by atoms with Crippen LogP contribution in [0.15, 0.2) is 0 Å². The third-order valence-electron chi connectivity index (χ3n) is 3.63. The van der Waals surface area contributed by atoms with Crippen molar-refractivity contribution in [3.05, 3.63) is 0 Å². The first-order valence-electron chi connectivity index (χ1n) is 6.62. The van der Waals surface area contributed by atoms with Crippen molar-refractivity contribution in [2.45, 2.75) is 58.9 Å². The Bertz CT molecular complexity index is 213. The van der Waals surface area contributed by atoms with E-state index in [1.54, 1.807) is 0 Å². The zero-order valence-electron chi connectivity index (χ0n) is 11.5. The van der Waals surface area contributed by atoms with Crippen LogP contribution in [0.3, 0.4) is 0 Å². The molecule has 102 valence electrons. The molecule has 0 bridgehead atoms. The van der Waals surface area contributed by atoms with Crippen LogP contribution in [0.25, 0.3) is 0 Å². The van der Waals surface area contributed by atoms with Gasteiger partial charge in [0.05, 0.1) is 0 Å². The van der Waals surface area contributed by atoms with Crippen molar-refractivity contribution in [3.63, 3.8) is 0 Å². The number of amides is 1. The monoisotopic (exact) mass is 244 g/mol. The van der Waals surface area contributed by atoms with Crippen molar-refractivity contribution < 1.29 is 9.90 Å². The Labute approximate surface area is 105 Å². The van der Waals surface area contributed by atoms with Crippen LogP contribution in [0, 0.1) is 5.41 Å². The lowest BCUT2D eigenvalue weighted by atomic mass is 9.79. The number of hydrogen-bond donors (Lipinski definition) is 3. The first-order chi connectivity index (χ1) is 7.99. The average molecular weight is 244 g/mol. The van der Waals surface area contributed by atoms with E-state index in [1.165, 1.54) is 0 Å². The fourth-order valence-corrected chi connectivity index (χ4v) is 1.91. The maximum atomic E-state index is 11.6. The number of aliphatic hydroxyl groups excluding tert-OH is 1. The molecule has 0 aromatic heterocycles. The maximum Gasteiger partial charge on any atom is 0.220 e. The zero-order chi connectivity index (χ0) is 13.3. The largest absolute Gasteiger partial charge is 0.396 e. The number of hydrogen-bond acceptors (Lipinski definition) is 3. The SMILES string of the molecule is CCC(CC)(CCO)CNC(=O)CCC(C)N. The molecule has 0 radical (unpaired) electrons. The van der Waals surface area contributed by atoms with Crippen molar-refractivity contribution >= 4 is 5.91 Å². The molecule has 0 aliphatic carbocycles. The minimum atomic E-state index is 0.0404. The topological polar surface area (TPSA) is 75.3 Å². The number of nitrogens with one attached hydrogen (secondary N) is 1. The minimum Gasteiger partial charge on any atom is -0.396 e. The molecule has 0 spiro atoms. The third kappa shape index (κ3) is 6.64. The van der Waals surface area contributed by atoms with Gasteiger partial charge in [-0.3, -0.25) is 4.79 Å². The van der Waals surface area contributed by atoms with Gasteiger partial charge in [-0.1, -0.05) is 13.8 Å². The Morgan fingerprint density at radius 3 is 2.41 bits per heavy atom. The molecule has 0 rings (SSSR count). The molecule has 1 atom stereocenters. The number of rotatable bonds is 9. The average Bonchev–Trinajstić information content (AvgIpc) is 2.32. The van der Waals surface area contributed by atoms with E-state index in [-0.39, 0.29) is 24.0 Å². The van der Waals surface area contributed by atoms with Crippen LogP contribution < -0.4 is 11.1 Å². The molecule has 17 heavy (non-hydrogen) atoms. The van der Waals surface area contributed by atoms with Gasteiger partial charge in [0.25, 0.3) is 0 Å². The van der Waals surface area contributed by atoms with Gasteiger partial charge in [0.1, 0.15) is 0 Å². The molecule has 0 saturated heterocycles. The molecule has 4 nitrogen and oxygen atoms in total. The summed E-state index contributed by atoms with van der Waals surface area (Å²) in [4.78, 5) is 11.6. The number of carbonyl (C=O) groups excluding carboxylic acids is 1. The highest BCUT2D eigenvalue weighted by molar-refractivity contribution is 5.75. The van der Waals surface area contributed by atoms with E-state index in [9.17, 15) is 4.79 Å². The number of aliphatic hydroxyl groups is 1. The fourth-order valence-electron chi connectivity index (χ4n) is 1.91. The Hall–Kier alpha value is -0.610. The summed E-state index contributed by atoms with van der Waals surface area (Å²) >= 11 is 0. The normalized spacial score (nSPS) is 13.5. The highest BCUT2D eigenvalue weighted by atomic mass is 16.3. The lowest BCUT2D eigenvalue weighted by Crippen LogP contribution is -2.38. The van der Waals surface area contributed by atoms with Crippen LogP contribution in [0.4, 0.5) is 0 Å². The second kappa shape index (κ2) is 8.48. The van der Waals surface area contributed by atoms with Crippen molar-refractivity contribution in [1.29, 1.82) is 0 Å². The molecule has 4 heteroatoms. The second-order valence-electron chi connectivity index (χ2n) is 4.97. The molecule has 0 saturated carbocycles. The van der Waals surface area contributed by atoms with Gasteiger partial charge in [-0.05, 0) is 38.0 Å². The highest BCUT2D eigenvalue weighted by Crippen LogP contribution is 2.29. The second-order valence-corrected chi connectivity index (χ2v) is 4.97. The standard InChI is InChI=1S/C13H28N2O2/c1-4-13(5-2,8-9-16)10-15-12(17)7-6-11(3)14/h11,16H,4-10,14H2,1-3H3,(H,15,17). The van der Waals surface area contributed by atoms with E-state index in [2.05, 4.69) is 19.2 Å². The Kier molecular flexibility index (Phi) is 8.17. The molecular formula is C13H28N2O2. The van der Waals surface area contributed by atoms with E-state index in [0.29, 0.717) is 13.0 Å². The van der Waals surface area contributed by atoms with Gasteiger partial charge in [-0.25, -0.2) is 0 Å². The predicted octanol–water partition coefficient (Wildman–Crippen LogP) is 1.42. The van der Waals surface area contributed by atoms with Crippen molar-refractivity contribution in [3.8, 4) is 0 Å². The van der Waals surface area contributed by atoms with Gasteiger partial charge in [0.15, 0.2) is 0 Å². The Morgan fingerprint density at radius 1 is 1.41 bits per heavy atom. The van der Waals surface area contributed by atoms with Gasteiger partial charge >= 0.3 is 0 Å². The van der Waals surface area contributed by atoms with Crippen LogP contribution in [0.5, 0.6) is 0 Å². The van der Waals surface area contributed by atoms with Gasteiger partial charge in [-0.2, -0.15) is 0 Å². The van der Waals surface area contributed by atoms with E-state index >= 15 is 0 Å². The lowest BCUT2D eigenvalue weighted by Gasteiger charge is -2.31. The summed E-state index contributed by atoms with van der Waals surface area (Å²) in [7, 11) is 0. The zero-order valence-corrected chi connectivity index (χ0v) is 11.5. The summed E-state index contributed by atoms with van der Waals surface area (Å²) in [5.41, 5.74) is 5.65. The third-order valence-corrected chi connectivity index (χ3v) is 3.63. The first kappa shape index (κ1) is 16.4. The predicted molar refractivity (Wildman–Crippen MR) is 70.6 cm³/mol.